The van der Waals surface area contributed by atoms with Crippen LogP contribution in [0.25, 0.3) is 0 Å². The highest BCUT2D eigenvalue weighted by molar-refractivity contribution is 5.81. The van der Waals surface area contributed by atoms with E-state index in [1.54, 1.807) is 0 Å². The number of nitrogens with one attached hydrogen (secondary N) is 2. The van der Waals surface area contributed by atoms with E-state index in [-0.39, 0.29) is 5.56 Å². The van der Waals surface area contributed by atoms with Crippen LogP contribution in [0.4, 0.5) is 8.78 Å². The van der Waals surface area contributed by atoms with Crippen LogP contribution in [-0.4, -0.2) is 25.1 Å². The molecule has 3 rings (SSSR count). The molecule has 2 aliphatic rings. The van der Waals surface area contributed by atoms with Crippen molar-refractivity contribution in [1.29, 1.82) is 0 Å². The lowest BCUT2D eigenvalue weighted by molar-refractivity contribution is 0.227. The van der Waals surface area contributed by atoms with E-state index in [1.165, 1.54) is 18.2 Å². The lowest BCUT2D eigenvalue weighted by Crippen LogP contribution is -2.49. The second-order valence-electron chi connectivity index (χ2n) is 5.82. The van der Waals surface area contributed by atoms with E-state index in [2.05, 4.69) is 15.6 Å². The number of aliphatic imine (C=N–C) groups is 1. The fourth-order valence-electron chi connectivity index (χ4n) is 3.04. The molecule has 1 fully saturated rings. The third-order valence-corrected chi connectivity index (χ3v) is 4.30. The Labute approximate surface area is 117 Å². The van der Waals surface area contributed by atoms with Gasteiger partial charge in [-0.2, -0.15) is 0 Å². The second-order valence-corrected chi connectivity index (χ2v) is 5.82. The summed E-state index contributed by atoms with van der Waals surface area (Å²) in [6.07, 6.45) is 2.62. The van der Waals surface area contributed by atoms with Crippen LogP contribution in [0.15, 0.2) is 23.2 Å². The fourth-order valence-corrected chi connectivity index (χ4v) is 3.04. The molecule has 1 atom stereocenters. The third-order valence-electron chi connectivity index (χ3n) is 4.30. The first-order valence-corrected chi connectivity index (χ1v) is 7.10. The Morgan fingerprint density at radius 2 is 2.05 bits per heavy atom. The van der Waals surface area contributed by atoms with Crippen molar-refractivity contribution in [3.63, 3.8) is 0 Å². The van der Waals surface area contributed by atoms with Crippen molar-refractivity contribution in [3.05, 3.63) is 35.4 Å². The zero-order chi connectivity index (χ0) is 14.2. The molecule has 0 spiro atoms. The Kier molecular flexibility index (Phi) is 3.36. The molecule has 0 amide bonds. The van der Waals surface area contributed by atoms with Gasteiger partial charge >= 0.3 is 0 Å². The van der Waals surface area contributed by atoms with E-state index in [4.69, 9.17) is 0 Å². The molecular formula is C15H19F2N3. The lowest BCUT2D eigenvalue weighted by Gasteiger charge is -2.43. The van der Waals surface area contributed by atoms with Crippen LogP contribution in [0.2, 0.25) is 0 Å². The first kappa shape index (κ1) is 13.3. The summed E-state index contributed by atoms with van der Waals surface area (Å²) in [7, 11) is 0. The first-order chi connectivity index (χ1) is 9.61. The molecule has 2 N–H and O–H groups in total. The number of guanidine groups is 1. The monoisotopic (exact) mass is 279 g/mol. The van der Waals surface area contributed by atoms with Crippen LogP contribution in [0.3, 0.4) is 0 Å². The van der Waals surface area contributed by atoms with Gasteiger partial charge in [0.25, 0.3) is 0 Å². The van der Waals surface area contributed by atoms with Gasteiger partial charge in [0.05, 0.1) is 6.54 Å². The molecule has 20 heavy (non-hydrogen) atoms. The normalized spacial score (nSPS) is 23.8. The Hall–Kier alpha value is -1.65. The largest absolute Gasteiger partial charge is 0.356 e. The van der Waals surface area contributed by atoms with Gasteiger partial charge in [0.2, 0.25) is 0 Å². The number of nitrogens with zero attached hydrogens (tertiary/aromatic N) is 1. The molecule has 0 saturated heterocycles. The quantitative estimate of drug-likeness (QED) is 0.891. The summed E-state index contributed by atoms with van der Waals surface area (Å²) in [6, 6.07) is 4.41. The maximum absolute atomic E-state index is 14.0. The summed E-state index contributed by atoms with van der Waals surface area (Å²) in [4.78, 5) is 4.32. The van der Waals surface area contributed by atoms with Crippen LogP contribution in [0, 0.1) is 11.6 Å². The standard InChI is InChI=1S/C15H19F2N3/c1-10-8-18-14(20-10)19-9-15(6-3-7-15)13-11(16)4-2-5-12(13)17/h2,4-5,10H,3,6-9H2,1H3,(H2,18,19,20). The Balaban J connectivity index is 1.78. The summed E-state index contributed by atoms with van der Waals surface area (Å²) >= 11 is 0. The number of hydrogen-bond acceptors (Lipinski definition) is 3. The van der Waals surface area contributed by atoms with E-state index in [1.807, 2.05) is 6.92 Å². The molecule has 1 saturated carbocycles. The minimum atomic E-state index is -0.443. The van der Waals surface area contributed by atoms with E-state index in [0.717, 1.165) is 31.8 Å². The fraction of sp³-hybridized carbons (Fsp3) is 0.533. The minimum absolute atomic E-state index is 0.227. The van der Waals surface area contributed by atoms with Gasteiger partial charge in [0, 0.05) is 23.6 Å². The first-order valence-electron chi connectivity index (χ1n) is 7.10. The molecule has 5 heteroatoms. The van der Waals surface area contributed by atoms with Crippen LogP contribution in [-0.2, 0) is 5.41 Å². The van der Waals surface area contributed by atoms with Crippen molar-refractivity contribution in [3.8, 4) is 0 Å². The summed E-state index contributed by atoms with van der Waals surface area (Å²) in [5.74, 6) is -0.150. The van der Waals surface area contributed by atoms with Gasteiger partial charge in [-0.1, -0.05) is 12.5 Å². The lowest BCUT2D eigenvalue weighted by atomic mass is 9.64. The summed E-state index contributed by atoms with van der Waals surface area (Å²) in [5, 5.41) is 6.42. The highest BCUT2D eigenvalue weighted by atomic mass is 19.1. The minimum Gasteiger partial charge on any atom is -0.356 e. The van der Waals surface area contributed by atoms with E-state index in [9.17, 15) is 8.78 Å². The molecule has 1 aliphatic carbocycles. The van der Waals surface area contributed by atoms with Crippen molar-refractivity contribution < 1.29 is 8.78 Å². The van der Waals surface area contributed by atoms with E-state index >= 15 is 0 Å². The van der Waals surface area contributed by atoms with Gasteiger partial charge < -0.3 is 10.6 Å². The van der Waals surface area contributed by atoms with Gasteiger partial charge in [-0.05, 0) is 31.9 Å². The van der Waals surface area contributed by atoms with Crippen molar-refractivity contribution in [2.24, 2.45) is 4.99 Å². The highest BCUT2D eigenvalue weighted by Crippen LogP contribution is 2.45. The Bertz CT molecular complexity index is 518. The molecule has 1 aromatic rings. The van der Waals surface area contributed by atoms with Gasteiger partial charge in [0.1, 0.15) is 11.6 Å². The Morgan fingerprint density at radius 1 is 1.35 bits per heavy atom. The van der Waals surface area contributed by atoms with Gasteiger partial charge in [0.15, 0.2) is 5.96 Å². The van der Waals surface area contributed by atoms with Crippen molar-refractivity contribution in [2.45, 2.75) is 37.6 Å². The maximum atomic E-state index is 14.0. The second kappa shape index (κ2) is 5.04. The molecule has 0 aromatic heterocycles. The predicted octanol–water partition coefficient (Wildman–Crippen LogP) is 2.32. The smallest absolute Gasteiger partial charge is 0.191 e. The predicted molar refractivity (Wildman–Crippen MR) is 74.8 cm³/mol. The van der Waals surface area contributed by atoms with Crippen LogP contribution in [0.1, 0.15) is 31.7 Å². The van der Waals surface area contributed by atoms with Gasteiger partial charge in [-0.15, -0.1) is 0 Å². The van der Waals surface area contributed by atoms with Crippen molar-refractivity contribution in [2.75, 3.05) is 13.1 Å². The zero-order valence-electron chi connectivity index (χ0n) is 11.5. The molecule has 1 aliphatic heterocycles. The SMILES string of the molecule is CC1CN=C(NCC2(c3c(F)cccc3F)CCC2)N1. The van der Waals surface area contributed by atoms with Gasteiger partial charge in [-0.25, -0.2) is 8.78 Å². The summed E-state index contributed by atoms with van der Waals surface area (Å²) < 4.78 is 28.0. The maximum Gasteiger partial charge on any atom is 0.191 e. The number of benzene rings is 1. The van der Waals surface area contributed by atoms with Crippen LogP contribution in [0.5, 0.6) is 0 Å². The number of hydrogen-bond donors (Lipinski definition) is 2. The molecular weight excluding hydrogens is 260 g/mol. The van der Waals surface area contributed by atoms with Crippen molar-refractivity contribution >= 4 is 5.96 Å². The number of halogens is 2. The molecule has 1 aromatic carbocycles. The molecule has 1 unspecified atom stereocenters. The van der Waals surface area contributed by atoms with Crippen LogP contribution >= 0.6 is 0 Å². The molecule has 3 nitrogen and oxygen atoms in total. The molecule has 0 radical (unpaired) electrons. The third kappa shape index (κ3) is 2.25. The van der Waals surface area contributed by atoms with Gasteiger partial charge in [-0.3, -0.25) is 4.99 Å². The topological polar surface area (TPSA) is 36.4 Å². The Morgan fingerprint density at radius 3 is 2.55 bits per heavy atom. The highest BCUT2D eigenvalue weighted by Gasteiger charge is 2.42. The summed E-state index contributed by atoms with van der Waals surface area (Å²) in [6.45, 7) is 3.31. The average Bonchev–Trinajstić information content (AvgIpc) is 2.77. The zero-order valence-corrected chi connectivity index (χ0v) is 11.5. The molecule has 1 heterocycles. The summed E-state index contributed by atoms with van der Waals surface area (Å²) in [5.41, 5.74) is -0.212. The molecule has 0 bridgehead atoms. The van der Waals surface area contributed by atoms with Crippen molar-refractivity contribution in [1.82, 2.24) is 10.6 Å². The van der Waals surface area contributed by atoms with E-state index in [0.29, 0.717) is 12.6 Å². The van der Waals surface area contributed by atoms with Crippen LogP contribution < -0.4 is 10.6 Å². The number of rotatable bonds is 3. The average molecular weight is 279 g/mol. The molecule has 108 valence electrons. The van der Waals surface area contributed by atoms with E-state index < -0.39 is 17.0 Å².